The highest BCUT2D eigenvalue weighted by atomic mass is 79.9. The molecule has 0 bridgehead atoms. The van der Waals surface area contributed by atoms with E-state index in [1.807, 2.05) is 6.92 Å². The summed E-state index contributed by atoms with van der Waals surface area (Å²) < 4.78 is 4.87. The van der Waals surface area contributed by atoms with Crippen LogP contribution in [0, 0.1) is 0 Å². The van der Waals surface area contributed by atoms with Crippen LogP contribution in [-0.2, 0) is 4.74 Å². The number of nitrogens with one attached hydrogen (secondary N) is 1. The molecular formula is C8H16BrNO2. The number of hydrogen-bond donors (Lipinski definition) is 1. The summed E-state index contributed by atoms with van der Waals surface area (Å²) >= 11 is 3.27. The van der Waals surface area contributed by atoms with Gasteiger partial charge in [0.25, 0.3) is 0 Å². The Balaban J connectivity index is 3.33. The number of hydrogen-bond acceptors (Lipinski definition) is 2. The van der Waals surface area contributed by atoms with Crippen molar-refractivity contribution < 1.29 is 9.53 Å². The minimum Gasteiger partial charge on any atom is -0.450 e. The highest BCUT2D eigenvalue weighted by molar-refractivity contribution is 9.09. The number of carbonyl (C=O) groups is 1. The third-order valence-corrected chi connectivity index (χ3v) is 2.24. The quantitative estimate of drug-likeness (QED) is 0.454. The minimum absolute atomic E-state index is 0.0200. The molecular weight excluding hydrogens is 222 g/mol. The number of unbranched alkanes of at least 4 members (excludes halogenated alkanes) is 1. The normalized spacial score (nSPS) is 12.2. The molecule has 1 N–H and O–H groups in total. The average molecular weight is 238 g/mol. The number of amides is 1. The molecule has 0 heterocycles. The summed E-state index contributed by atoms with van der Waals surface area (Å²) in [5, 5.41) is 2.64. The maximum atomic E-state index is 10.9. The second-order valence-corrected chi connectivity index (χ2v) is 3.61. The topological polar surface area (TPSA) is 38.3 Å². The zero-order chi connectivity index (χ0) is 9.40. The van der Waals surface area contributed by atoms with Gasteiger partial charge in [-0.05, 0) is 12.8 Å². The molecule has 0 aromatic carbocycles. The first-order chi connectivity index (χ1) is 5.70. The van der Waals surface area contributed by atoms with Crippen LogP contribution in [0.1, 0.15) is 33.1 Å². The van der Waals surface area contributed by atoms with Gasteiger partial charge in [-0.25, -0.2) is 4.79 Å². The van der Waals surface area contributed by atoms with Crippen LogP contribution in [0.4, 0.5) is 4.79 Å². The van der Waals surface area contributed by atoms with Crippen LogP contribution in [0.3, 0.4) is 0 Å². The lowest BCUT2D eigenvalue weighted by Crippen LogP contribution is -2.30. The zero-order valence-corrected chi connectivity index (χ0v) is 9.19. The van der Waals surface area contributed by atoms with Crippen LogP contribution in [0.5, 0.6) is 0 Å². The van der Waals surface area contributed by atoms with Crippen molar-refractivity contribution in [2.45, 2.75) is 38.1 Å². The summed E-state index contributed by atoms with van der Waals surface area (Å²) in [6.45, 7) is 4.54. The van der Waals surface area contributed by atoms with Gasteiger partial charge in [0, 0.05) is 0 Å². The molecule has 0 saturated carbocycles. The summed E-state index contributed by atoms with van der Waals surface area (Å²) in [4.78, 5) is 10.9. The fourth-order valence-corrected chi connectivity index (χ4v) is 0.768. The number of rotatable bonds is 5. The SMILES string of the molecule is CCCCOC(=O)NC(Br)CC. The van der Waals surface area contributed by atoms with Gasteiger partial charge in [0.1, 0.15) is 0 Å². The molecule has 0 aliphatic rings. The molecule has 72 valence electrons. The van der Waals surface area contributed by atoms with Gasteiger partial charge in [0.15, 0.2) is 0 Å². The van der Waals surface area contributed by atoms with Gasteiger partial charge in [0.05, 0.1) is 11.6 Å². The molecule has 0 saturated heterocycles. The van der Waals surface area contributed by atoms with E-state index >= 15 is 0 Å². The summed E-state index contributed by atoms with van der Waals surface area (Å²) in [5.74, 6) is 0. The Morgan fingerprint density at radius 3 is 2.75 bits per heavy atom. The summed E-state index contributed by atoms with van der Waals surface area (Å²) in [5.41, 5.74) is 0. The first kappa shape index (κ1) is 11.8. The molecule has 0 spiro atoms. The standard InChI is InChI=1S/C8H16BrNO2/c1-3-5-6-12-8(11)10-7(9)4-2/h7H,3-6H2,1-2H3,(H,10,11). The van der Waals surface area contributed by atoms with Gasteiger partial charge in [-0.3, -0.25) is 0 Å². The van der Waals surface area contributed by atoms with Gasteiger partial charge < -0.3 is 10.1 Å². The van der Waals surface area contributed by atoms with Crippen molar-refractivity contribution in [1.29, 1.82) is 0 Å². The summed E-state index contributed by atoms with van der Waals surface area (Å²) in [7, 11) is 0. The van der Waals surface area contributed by atoms with Gasteiger partial charge in [-0.15, -0.1) is 0 Å². The molecule has 1 atom stereocenters. The Kier molecular flexibility index (Phi) is 7.25. The molecule has 0 fully saturated rings. The van der Waals surface area contributed by atoms with Crippen LogP contribution in [0.25, 0.3) is 0 Å². The maximum Gasteiger partial charge on any atom is 0.408 e. The van der Waals surface area contributed by atoms with Gasteiger partial charge in [-0.2, -0.15) is 0 Å². The summed E-state index contributed by atoms with van der Waals surface area (Å²) in [6, 6.07) is 0. The molecule has 0 rings (SSSR count). The molecule has 12 heavy (non-hydrogen) atoms. The molecule has 0 aliphatic heterocycles. The molecule has 0 aromatic heterocycles. The first-order valence-corrected chi connectivity index (χ1v) is 5.19. The average Bonchev–Trinajstić information content (AvgIpc) is 2.05. The van der Waals surface area contributed by atoms with Crippen molar-refractivity contribution in [2.75, 3.05) is 6.61 Å². The number of halogens is 1. The lowest BCUT2D eigenvalue weighted by atomic mass is 10.4. The van der Waals surface area contributed by atoms with E-state index in [9.17, 15) is 4.79 Å². The number of ether oxygens (including phenoxy) is 1. The minimum atomic E-state index is -0.341. The summed E-state index contributed by atoms with van der Waals surface area (Å²) in [6.07, 6.45) is 2.47. The zero-order valence-electron chi connectivity index (χ0n) is 7.60. The van der Waals surface area contributed by atoms with Crippen molar-refractivity contribution in [1.82, 2.24) is 5.32 Å². The third kappa shape index (κ3) is 6.46. The fourth-order valence-electron chi connectivity index (χ4n) is 0.581. The van der Waals surface area contributed by atoms with E-state index in [4.69, 9.17) is 4.74 Å². The van der Waals surface area contributed by atoms with Crippen LogP contribution in [0.15, 0.2) is 0 Å². The van der Waals surface area contributed by atoms with Crippen molar-refractivity contribution >= 4 is 22.0 Å². The molecule has 3 nitrogen and oxygen atoms in total. The second kappa shape index (κ2) is 7.40. The van der Waals surface area contributed by atoms with Gasteiger partial charge in [0.2, 0.25) is 0 Å². The Morgan fingerprint density at radius 1 is 1.58 bits per heavy atom. The van der Waals surface area contributed by atoms with E-state index in [0.717, 1.165) is 19.3 Å². The Bertz CT molecular complexity index is 130. The van der Waals surface area contributed by atoms with E-state index in [0.29, 0.717) is 6.61 Å². The Hall–Kier alpha value is -0.250. The van der Waals surface area contributed by atoms with Crippen LogP contribution >= 0.6 is 15.9 Å². The second-order valence-electron chi connectivity index (χ2n) is 2.51. The molecule has 0 radical (unpaired) electrons. The lowest BCUT2D eigenvalue weighted by molar-refractivity contribution is 0.144. The van der Waals surface area contributed by atoms with Gasteiger partial charge in [-0.1, -0.05) is 36.2 Å². The maximum absolute atomic E-state index is 10.9. The molecule has 1 amide bonds. The van der Waals surface area contributed by atoms with E-state index in [-0.39, 0.29) is 11.0 Å². The highest BCUT2D eigenvalue weighted by Gasteiger charge is 2.05. The van der Waals surface area contributed by atoms with E-state index in [1.165, 1.54) is 0 Å². The van der Waals surface area contributed by atoms with Crippen molar-refractivity contribution in [3.05, 3.63) is 0 Å². The smallest absolute Gasteiger partial charge is 0.408 e. The van der Waals surface area contributed by atoms with Crippen LogP contribution in [-0.4, -0.2) is 17.7 Å². The highest BCUT2D eigenvalue weighted by Crippen LogP contribution is 1.99. The molecule has 4 heteroatoms. The predicted molar refractivity (Wildman–Crippen MR) is 52.4 cm³/mol. The van der Waals surface area contributed by atoms with Crippen LogP contribution in [0.2, 0.25) is 0 Å². The van der Waals surface area contributed by atoms with Crippen molar-refractivity contribution in [3.63, 3.8) is 0 Å². The molecule has 0 aromatic rings. The predicted octanol–water partition coefficient (Wildman–Crippen LogP) is 2.64. The monoisotopic (exact) mass is 237 g/mol. The third-order valence-electron chi connectivity index (χ3n) is 1.36. The van der Waals surface area contributed by atoms with Crippen molar-refractivity contribution in [2.24, 2.45) is 0 Å². The first-order valence-electron chi connectivity index (χ1n) is 4.28. The largest absolute Gasteiger partial charge is 0.450 e. The number of carbonyl (C=O) groups excluding carboxylic acids is 1. The van der Waals surface area contributed by atoms with Gasteiger partial charge >= 0.3 is 6.09 Å². The van der Waals surface area contributed by atoms with E-state index < -0.39 is 0 Å². The van der Waals surface area contributed by atoms with E-state index in [1.54, 1.807) is 0 Å². The number of alkyl carbamates (subject to hydrolysis) is 1. The lowest BCUT2D eigenvalue weighted by Gasteiger charge is -2.09. The Morgan fingerprint density at radius 2 is 2.25 bits per heavy atom. The fraction of sp³-hybridized carbons (Fsp3) is 0.875. The van der Waals surface area contributed by atoms with Crippen molar-refractivity contribution in [3.8, 4) is 0 Å². The Labute approximate surface area is 82.0 Å². The molecule has 0 aliphatic carbocycles. The van der Waals surface area contributed by atoms with Crippen LogP contribution < -0.4 is 5.32 Å². The number of alkyl halides is 1. The molecule has 1 unspecified atom stereocenters. The van der Waals surface area contributed by atoms with E-state index in [2.05, 4.69) is 28.2 Å².